The molecule has 3 heterocycles. The van der Waals surface area contributed by atoms with Crippen LogP contribution in [-0.4, -0.2) is 36.2 Å². The van der Waals surface area contributed by atoms with Crippen LogP contribution in [0.1, 0.15) is 32.9 Å². The number of rotatable bonds is 5. The Morgan fingerprint density at radius 2 is 1.40 bits per heavy atom. The molecule has 42 heavy (non-hydrogen) atoms. The third-order valence-electron chi connectivity index (χ3n) is 5.89. The molecule has 0 aliphatic carbocycles. The number of phenols is 2. The van der Waals surface area contributed by atoms with Gasteiger partial charge in [-0.3, -0.25) is 14.9 Å². The van der Waals surface area contributed by atoms with Crippen molar-refractivity contribution in [3.8, 4) is 11.5 Å². The number of aromatic hydroxyl groups is 2. The number of carbonyl (C=O) groups is 1. The van der Waals surface area contributed by atoms with Gasteiger partial charge in [-0.2, -0.15) is 5.10 Å². The molecule has 0 saturated carbocycles. The summed E-state index contributed by atoms with van der Waals surface area (Å²) in [5.41, 5.74) is 2.31. The number of ketones is 1. The van der Waals surface area contributed by atoms with Crippen LogP contribution in [0, 0.1) is 99.9 Å². The predicted molar refractivity (Wildman–Crippen MR) is 145 cm³/mol. The molecule has 5 aromatic rings. The third-order valence-corrected chi connectivity index (χ3v) is 6.77. The van der Waals surface area contributed by atoms with Crippen LogP contribution in [-0.2, 0) is 12.8 Å². The number of Topliss-reactive ketones (excluding diaryl/α,β-unsaturated/α-hetero) is 1. The molecule has 0 unspecified atom stereocenters. The van der Waals surface area contributed by atoms with Gasteiger partial charge in [0.25, 0.3) is 0 Å². The van der Waals surface area contributed by atoms with Gasteiger partial charge in [0.1, 0.15) is 5.52 Å². The van der Waals surface area contributed by atoms with Crippen LogP contribution in [0.4, 0.5) is 13.2 Å². The maximum atomic E-state index is 14.0. The normalized spacial score (nSPS) is 10.4. The third kappa shape index (κ3) is 8.22. The maximum Gasteiger partial charge on any atom is 0.171 e. The maximum absolute atomic E-state index is 14.0. The number of hydrogen-bond donors (Lipinski definition) is 3. The van der Waals surface area contributed by atoms with Gasteiger partial charge >= 0.3 is 0 Å². The van der Waals surface area contributed by atoms with Crippen LogP contribution in [0.2, 0.25) is 15.2 Å². The molecule has 0 amide bonds. The number of phenolic OH excluding ortho intramolecular Hbond substituents is 2. The monoisotopic (exact) mass is 688 g/mol. The molecule has 0 fully saturated rings. The van der Waals surface area contributed by atoms with Crippen LogP contribution in [0.5, 0.6) is 11.5 Å². The molecule has 3 aromatic heterocycles. The van der Waals surface area contributed by atoms with Crippen molar-refractivity contribution in [3.63, 3.8) is 0 Å². The van der Waals surface area contributed by atoms with Crippen molar-refractivity contribution in [2.75, 3.05) is 0 Å². The van der Waals surface area contributed by atoms with Crippen molar-refractivity contribution >= 4 is 51.5 Å². The number of pyridine rings is 2. The summed E-state index contributed by atoms with van der Waals surface area (Å²) < 4.78 is 41.3. The number of aromatic nitrogens is 4. The Balaban J connectivity index is 0.000000280. The summed E-state index contributed by atoms with van der Waals surface area (Å²) in [6.45, 7) is 1.86. The number of carbonyl (C=O) groups excluding carboxylic acids is 1. The molecular weight excluding hydrogens is 672 g/mol. The zero-order valence-corrected chi connectivity index (χ0v) is 24.8. The van der Waals surface area contributed by atoms with Gasteiger partial charge in [-0.15, -0.1) is 0 Å². The Labute approximate surface area is 312 Å². The fourth-order valence-corrected chi connectivity index (χ4v) is 4.24. The average Bonchev–Trinajstić information content (AvgIpc) is 3.35. The number of fused-ring (bicyclic) bond motifs is 1. The average molecular weight is 690 g/mol. The van der Waals surface area contributed by atoms with Gasteiger partial charge in [0.2, 0.25) is 0 Å². The Morgan fingerprint density at radius 1 is 0.833 bits per heavy atom. The number of nitrogens with zero attached hydrogens (tertiary/aromatic N) is 3. The first-order chi connectivity index (χ1) is 19.0. The number of nitrogens with one attached hydrogen (secondary N) is 1. The standard InChI is InChI=1S/C14H11ClFN3O.C13H7Cl2F2NO2.2Ar/c1-7-13-9(4-5-17-7)11(18-19-13)6-8-2-3-10(15)14(20)12(8)16;14-8-2-1-6(10(16)12(8)20)5-9(19)7-3-4-18-13(15)11(7)17;;/h2-5,20H,6H2,1H3,(H,18,19);1-4,20H,5H2;;. The number of benzene rings is 2. The van der Waals surface area contributed by atoms with Crippen LogP contribution >= 0.6 is 34.8 Å². The van der Waals surface area contributed by atoms with E-state index in [9.17, 15) is 28.2 Å². The van der Waals surface area contributed by atoms with Crippen molar-refractivity contribution in [1.29, 1.82) is 0 Å². The molecule has 0 bridgehead atoms. The minimum Gasteiger partial charge on any atom is -0.504 e. The quantitative estimate of drug-likeness (QED) is 0.134. The second-order valence-electron chi connectivity index (χ2n) is 8.47. The first kappa shape index (κ1) is 36.8. The molecule has 15 heteroatoms. The molecule has 0 spiro atoms. The van der Waals surface area contributed by atoms with Crippen molar-refractivity contribution in [2.45, 2.75) is 19.8 Å². The first-order valence-electron chi connectivity index (χ1n) is 11.4. The summed E-state index contributed by atoms with van der Waals surface area (Å²) in [4.78, 5) is 19.6. The minimum absolute atomic E-state index is 0. The van der Waals surface area contributed by atoms with Gasteiger partial charge in [0, 0.05) is 112 Å². The van der Waals surface area contributed by atoms with Gasteiger partial charge in [0.05, 0.1) is 21.3 Å². The van der Waals surface area contributed by atoms with Gasteiger partial charge in [-0.05, 0) is 42.3 Å². The van der Waals surface area contributed by atoms with E-state index < -0.39 is 46.3 Å². The largest absolute Gasteiger partial charge is 0.504 e. The molecule has 0 saturated heterocycles. The van der Waals surface area contributed by atoms with Crippen LogP contribution < -0.4 is 0 Å². The van der Waals surface area contributed by atoms with Crippen LogP contribution in [0.15, 0.2) is 48.8 Å². The summed E-state index contributed by atoms with van der Waals surface area (Å²) >= 11 is 16.7. The zero-order valence-electron chi connectivity index (χ0n) is 21.2. The SMILES string of the molecule is Cc1nccc2c(Cc3ccc(Cl)c(O)c3F)[nH]nc12.O=C(Cc1ccc(Cl)c(O)c1F)c1ccnc(Cl)c1F.[Ar].[Ar]. The minimum atomic E-state index is -1.01. The van der Waals surface area contributed by atoms with E-state index in [0.717, 1.165) is 28.4 Å². The zero-order chi connectivity index (χ0) is 29.1. The van der Waals surface area contributed by atoms with Crippen molar-refractivity contribution in [3.05, 3.63) is 110 Å². The molecular formula is C27H18Ar2Cl3F3N4O3. The van der Waals surface area contributed by atoms with E-state index in [0.29, 0.717) is 5.56 Å². The van der Waals surface area contributed by atoms with Gasteiger partial charge in [-0.1, -0.05) is 46.9 Å². The molecule has 0 radical (unpaired) electrons. The van der Waals surface area contributed by atoms with E-state index in [2.05, 4.69) is 20.2 Å². The summed E-state index contributed by atoms with van der Waals surface area (Å²) in [5.74, 6) is -4.63. The van der Waals surface area contributed by atoms with E-state index in [1.807, 2.05) is 13.0 Å². The molecule has 7 nitrogen and oxygen atoms in total. The fraction of sp³-hybridized carbons (Fsp3) is 0.111. The molecule has 222 valence electrons. The van der Waals surface area contributed by atoms with E-state index in [1.54, 1.807) is 12.3 Å². The summed E-state index contributed by atoms with van der Waals surface area (Å²) in [7, 11) is 0. The number of hydrogen-bond acceptors (Lipinski definition) is 6. The summed E-state index contributed by atoms with van der Waals surface area (Å²) in [6, 6.07) is 8.50. The molecule has 0 aliphatic heterocycles. The Kier molecular flexibility index (Phi) is 14.1. The van der Waals surface area contributed by atoms with Crippen molar-refractivity contribution in [1.82, 2.24) is 20.2 Å². The van der Waals surface area contributed by atoms with Crippen molar-refractivity contribution in [2.24, 2.45) is 0 Å². The van der Waals surface area contributed by atoms with Gasteiger partial charge in [-0.25, -0.2) is 18.2 Å². The Morgan fingerprint density at radius 3 is 2.05 bits per heavy atom. The number of aryl methyl sites for hydroxylation is 1. The predicted octanol–water partition coefficient (Wildman–Crippen LogP) is 7.15. The van der Waals surface area contributed by atoms with Crippen LogP contribution in [0.25, 0.3) is 10.9 Å². The van der Waals surface area contributed by atoms with E-state index in [1.165, 1.54) is 24.4 Å². The van der Waals surface area contributed by atoms with Crippen LogP contribution in [0.3, 0.4) is 0 Å². The van der Waals surface area contributed by atoms with E-state index in [4.69, 9.17) is 34.8 Å². The van der Waals surface area contributed by atoms with E-state index in [-0.39, 0.29) is 103 Å². The number of halogens is 6. The Bertz CT molecular complexity index is 1760. The van der Waals surface area contributed by atoms with Gasteiger partial charge < -0.3 is 10.2 Å². The summed E-state index contributed by atoms with van der Waals surface area (Å²) in [6.07, 6.45) is 2.71. The van der Waals surface area contributed by atoms with Gasteiger partial charge in [0.15, 0.2) is 39.9 Å². The van der Waals surface area contributed by atoms with Crippen molar-refractivity contribution < 1.29 is 104 Å². The second kappa shape index (κ2) is 16.1. The second-order valence-corrected chi connectivity index (χ2v) is 9.65. The number of aromatic amines is 1. The van der Waals surface area contributed by atoms with E-state index >= 15 is 0 Å². The summed E-state index contributed by atoms with van der Waals surface area (Å²) in [5, 5.41) is 26.2. The molecule has 2 aromatic carbocycles. The smallest absolute Gasteiger partial charge is 0.171 e. The first-order valence-corrected chi connectivity index (χ1v) is 12.6. The fourth-order valence-electron chi connectivity index (χ4n) is 3.79. The molecule has 0 aliphatic rings. The molecule has 0 atom stereocenters. The Hall–Kier alpha value is -1.34. The molecule has 5 rings (SSSR count). The topological polar surface area (TPSA) is 112 Å². The number of H-pyrrole nitrogens is 1. The molecule has 3 N–H and O–H groups in total.